The van der Waals surface area contributed by atoms with Crippen molar-refractivity contribution in [2.45, 2.75) is 26.9 Å². The Morgan fingerprint density at radius 3 is 2.48 bits per heavy atom. The second kappa shape index (κ2) is 7.11. The first-order valence-electron chi connectivity index (χ1n) is 7.27. The minimum absolute atomic E-state index is 0.105. The minimum atomic E-state index is -0.999. The Bertz CT molecular complexity index is 721. The highest BCUT2D eigenvalue weighted by atomic mass is 16.4. The van der Waals surface area contributed by atoms with Gasteiger partial charge in [0.05, 0.1) is 6.54 Å². The number of anilines is 1. The zero-order valence-electron chi connectivity index (χ0n) is 13.3. The smallest absolute Gasteiger partial charge is 0.313 e. The van der Waals surface area contributed by atoms with Crippen LogP contribution in [0.1, 0.15) is 28.8 Å². The first kappa shape index (κ1) is 16.8. The number of amides is 2. The molecular formula is C17H20N2O4. The molecule has 1 heterocycles. The molecule has 0 aliphatic rings. The van der Waals surface area contributed by atoms with Crippen LogP contribution >= 0.6 is 0 Å². The fourth-order valence-electron chi connectivity index (χ4n) is 2.14. The van der Waals surface area contributed by atoms with Crippen LogP contribution < -0.4 is 10.6 Å². The monoisotopic (exact) mass is 316 g/mol. The van der Waals surface area contributed by atoms with Crippen LogP contribution in [0, 0.1) is 20.8 Å². The van der Waals surface area contributed by atoms with E-state index in [1.54, 1.807) is 25.1 Å². The van der Waals surface area contributed by atoms with Crippen molar-refractivity contribution in [2.24, 2.45) is 0 Å². The first-order chi connectivity index (χ1) is 10.9. The molecule has 2 amide bonds. The molecule has 0 saturated heterocycles. The zero-order valence-corrected chi connectivity index (χ0v) is 13.3. The summed E-state index contributed by atoms with van der Waals surface area (Å²) in [5, 5.41) is 14.8. The molecule has 6 nitrogen and oxygen atoms in total. The molecule has 1 aromatic carbocycles. The van der Waals surface area contributed by atoms with E-state index in [0.29, 0.717) is 17.2 Å². The molecule has 0 spiro atoms. The summed E-state index contributed by atoms with van der Waals surface area (Å²) in [5.74, 6) is -0.581. The molecule has 3 N–H and O–H groups in total. The first-order valence-corrected chi connectivity index (χ1v) is 7.27. The summed E-state index contributed by atoms with van der Waals surface area (Å²) in [6.07, 6.45) is -0.999. The summed E-state index contributed by atoms with van der Waals surface area (Å²) in [4.78, 5) is 23.7. The Hall–Kier alpha value is -2.60. The quantitative estimate of drug-likeness (QED) is 0.752. The molecule has 0 saturated carbocycles. The molecule has 1 atom stereocenters. The van der Waals surface area contributed by atoms with Crippen molar-refractivity contribution in [3.63, 3.8) is 0 Å². The molecule has 2 aromatic rings. The van der Waals surface area contributed by atoms with E-state index in [2.05, 4.69) is 10.6 Å². The predicted octanol–water partition coefficient (Wildman–Crippen LogP) is 1.99. The van der Waals surface area contributed by atoms with E-state index >= 15 is 0 Å². The Morgan fingerprint density at radius 1 is 1.13 bits per heavy atom. The number of benzene rings is 1. The number of aliphatic hydroxyl groups is 1. The van der Waals surface area contributed by atoms with Gasteiger partial charge in [0.2, 0.25) is 0 Å². The van der Waals surface area contributed by atoms with E-state index in [1.807, 2.05) is 26.0 Å². The second-order valence-electron chi connectivity index (χ2n) is 5.45. The van der Waals surface area contributed by atoms with E-state index in [4.69, 9.17) is 4.42 Å². The number of nitrogens with one attached hydrogen (secondary N) is 2. The third kappa shape index (κ3) is 4.43. The van der Waals surface area contributed by atoms with Crippen molar-refractivity contribution < 1.29 is 19.1 Å². The summed E-state index contributed by atoms with van der Waals surface area (Å²) in [6.45, 7) is 5.45. The maximum Gasteiger partial charge on any atom is 0.313 e. The predicted molar refractivity (Wildman–Crippen MR) is 86.0 cm³/mol. The van der Waals surface area contributed by atoms with Crippen LogP contribution in [-0.4, -0.2) is 23.5 Å². The van der Waals surface area contributed by atoms with Gasteiger partial charge >= 0.3 is 11.8 Å². The number of aryl methyl sites for hydroxylation is 3. The lowest BCUT2D eigenvalue weighted by molar-refractivity contribution is -0.136. The van der Waals surface area contributed by atoms with Crippen molar-refractivity contribution in [1.29, 1.82) is 0 Å². The second-order valence-corrected chi connectivity index (χ2v) is 5.45. The van der Waals surface area contributed by atoms with Gasteiger partial charge in [0.25, 0.3) is 0 Å². The van der Waals surface area contributed by atoms with Crippen LogP contribution in [0.5, 0.6) is 0 Å². The maximum atomic E-state index is 11.9. The highest BCUT2D eigenvalue weighted by Crippen LogP contribution is 2.16. The number of carbonyl (C=O) groups is 2. The van der Waals surface area contributed by atoms with Crippen molar-refractivity contribution in [3.05, 3.63) is 53.0 Å². The molecule has 6 heteroatoms. The summed E-state index contributed by atoms with van der Waals surface area (Å²) in [6, 6.07) is 8.85. The molecule has 23 heavy (non-hydrogen) atoms. The van der Waals surface area contributed by atoms with Crippen LogP contribution in [0.25, 0.3) is 0 Å². The number of hydrogen-bond donors (Lipinski definition) is 3. The summed E-state index contributed by atoms with van der Waals surface area (Å²) >= 11 is 0. The van der Waals surface area contributed by atoms with Crippen molar-refractivity contribution in [2.75, 3.05) is 11.9 Å². The SMILES string of the molecule is Cc1ccc(NC(=O)C(=O)NCC(O)c2ccc(C)o2)c(C)c1. The van der Waals surface area contributed by atoms with Gasteiger partial charge in [-0.2, -0.15) is 0 Å². The molecule has 0 aliphatic carbocycles. The fraction of sp³-hybridized carbons (Fsp3) is 0.294. The van der Waals surface area contributed by atoms with Gasteiger partial charge in [0.15, 0.2) is 0 Å². The standard InChI is InChI=1S/C17H20N2O4/c1-10-4-6-13(11(2)8-10)19-17(22)16(21)18-9-14(20)15-7-5-12(3)23-15/h4-8,14,20H,9H2,1-3H3,(H,18,21)(H,19,22). The van der Waals surface area contributed by atoms with Crippen LogP contribution in [0.3, 0.4) is 0 Å². The van der Waals surface area contributed by atoms with Crippen LogP contribution in [0.15, 0.2) is 34.7 Å². The molecule has 122 valence electrons. The number of rotatable bonds is 4. The van der Waals surface area contributed by atoms with Crippen LogP contribution in [0.4, 0.5) is 5.69 Å². The van der Waals surface area contributed by atoms with Gasteiger partial charge in [-0.05, 0) is 44.5 Å². The molecular weight excluding hydrogens is 296 g/mol. The van der Waals surface area contributed by atoms with E-state index < -0.39 is 17.9 Å². The fourth-order valence-corrected chi connectivity index (χ4v) is 2.14. The van der Waals surface area contributed by atoms with Gasteiger partial charge in [-0.3, -0.25) is 9.59 Å². The third-order valence-corrected chi connectivity index (χ3v) is 3.38. The van der Waals surface area contributed by atoms with E-state index in [-0.39, 0.29) is 6.54 Å². The molecule has 0 fully saturated rings. The van der Waals surface area contributed by atoms with Gasteiger partial charge in [0, 0.05) is 5.69 Å². The summed E-state index contributed by atoms with van der Waals surface area (Å²) < 4.78 is 5.26. The largest absolute Gasteiger partial charge is 0.464 e. The lowest BCUT2D eigenvalue weighted by Gasteiger charge is -2.11. The Kier molecular flexibility index (Phi) is 5.18. The molecule has 1 aromatic heterocycles. The molecule has 0 radical (unpaired) electrons. The van der Waals surface area contributed by atoms with Crippen molar-refractivity contribution in [1.82, 2.24) is 5.32 Å². The van der Waals surface area contributed by atoms with Gasteiger partial charge in [-0.25, -0.2) is 0 Å². The zero-order chi connectivity index (χ0) is 17.0. The van der Waals surface area contributed by atoms with Gasteiger partial charge < -0.3 is 20.2 Å². The van der Waals surface area contributed by atoms with Gasteiger partial charge in [0.1, 0.15) is 17.6 Å². The topological polar surface area (TPSA) is 91.6 Å². The lowest BCUT2D eigenvalue weighted by Crippen LogP contribution is -2.37. The molecule has 2 rings (SSSR count). The van der Waals surface area contributed by atoms with E-state index in [1.165, 1.54) is 0 Å². The van der Waals surface area contributed by atoms with Gasteiger partial charge in [-0.1, -0.05) is 17.7 Å². The molecule has 1 unspecified atom stereocenters. The minimum Gasteiger partial charge on any atom is -0.464 e. The summed E-state index contributed by atoms with van der Waals surface area (Å²) in [7, 11) is 0. The Balaban J connectivity index is 1.88. The Labute approximate surface area is 134 Å². The molecule has 0 bridgehead atoms. The number of aliphatic hydroxyl groups excluding tert-OH is 1. The Morgan fingerprint density at radius 2 is 1.87 bits per heavy atom. The van der Waals surface area contributed by atoms with Crippen molar-refractivity contribution >= 4 is 17.5 Å². The lowest BCUT2D eigenvalue weighted by atomic mass is 10.1. The average Bonchev–Trinajstić information content (AvgIpc) is 2.93. The number of furan rings is 1. The van der Waals surface area contributed by atoms with E-state index in [0.717, 1.165) is 11.1 Å². The number of carbonyl (C=O) groups excluding carboxylic acids is 2. The van der Waals surface area contributed by atoms with Crippen LogP contribution in [-0.2, 0) is 9.59 Å². The maximum absolute atomic E-state index is 11.9. The third-order valence-electron chi connectivity index (χ3n) is 3.38. The number of hydrogen-bond acceptors (Lipinski definition) is 4. The average molecular weight is 316 g/mol. The van der Waals surface area contributed by atoms with Crippen LogP contribution in [0.2, 0.25) is 0 Å². The highest BCUT2D eigenvalue weighted by Gasteiger charge is 2.18. The molecule has 0 aliphatic heterocycles. The highest BCUT2D eigenvalue weighted by molar-refractivity contribution is 6.39. The van der Waals surface area contributed by atoms with Crippen molar-refractivity contribution in [3.8, 4) is 0 Å². The van der Waals surface area contributed by atoms with E-state index in [9.17, 15) is 14.7 Å². The van der Waals surface area contributed by atoms with Gasteiger partial charge in [-0.15, -0.1) is 0 Å². The normalized spacial score (nSPS) is 11.8. The summed E-state index contributed by atoms with van der Waals surface area (Å²) in [5.41, 5.74) is 2.53.